The summed E-state index contributed by atoms with van der Waals surface area (Å²) in [6.45, 7) is 1.56. The maximum absolute atomic E-state index is 10.8. The Kier molecular flexibility index (Phi) is 6.28. The summed E-state index contributed by atoms with van der Waals surface area (Å²) in [6, 6.07) is -0.853. The van der Waals surface area contributed by atoms with Crippen LogP contribution in [0.5, 0.6) is 0 Å². The van der Waals surface area contributed by atoms with Gasteiger partial charge in [-0.2, -0.15) is 0 Å². The maximum Gasteiger partial charge on any atom is 0.320 e. The number of nitrogens with two attached hydrogens (primary N) is 1. The normalized spacial score (nSPS) is 11.9. The highest BCUT2D eigenvalue weighted by Gasteiger charge is 2.10. The Morgan fingerprint density at radius 1 is 1.33 bits per heavy atom. The molecule has 6 nitrogen and oxygen atoms in total. The second kappa shape index (κ2) is 6.94. The molecule has 4 N–H and O–H groups in total. The van der Waals surface area contributed by atoms with Gasteiger partial charge in [0.2, 0.25) is 5.78 Å². The first-order valence-corrected chi connectivity index (χ1v) is 4.72. The highest BCUT2D eigenvalue weighted by molar-refractivity contribution is 6.35. The highest BCUT2D eigenvalue weighted by atomic mass is 16.4. The third-order valence-corrected chi connectivity index (χ3v) is 1.86. The first-order chi connectivity index (χ1) is 6.95. The molecule has 0 saturated heterocycles. The maximum atomic E-state index is 10.8. The lowest BCUT2D eigenvalue weighted by molar-refractivity contribution is -0.138. The zero-order valence-corrected chi connectivity index (χ0v) is 8.66. The zero-order valence-electron chi connectivity index (χ0n) is 8.66. The molecule has 0 spiro atoms. The number of ketones is 1. The van der Waals surface area contributed by atoms with Gasteiger partial charge in [0.25, 0.3) is 5.91 Å². The van der Waals surface area contributed by atoms with Crippen molar-refractivity contribution in [2.75, 3.05) is 6.54 Å². The van der Waals surface area contributed by atoms with E-state index < -0.39 is 23.7 Å². The molecular formula is C9H16N2O4. The van der Waals surface area contributed by atoms with Crippen LogP contribution in [0.15, 0.2) is 0 Å². The number of hydrogen-bond acceptors (Lipinski definition) is 4. The lowest BCUT2D eigenvalue weighted by Gasteiger charge is -2.06. The van der Waals surface area contributed by atoms with Crippen LogP contribution in [-0.4, -0.2) is 35.4 Å². The third-order valence-electron chi connectivity index (χ3n) is 1.86. The fourth-order valence-electron chi connectivity index (χ4n) is 0.939. The van der Waals surface area contributed by atoms with Crippen LogP contribution in [0.4, 0.5) is 0 Å². The lowest BCUT2D eigenvalue weighted by atomic mass is 10.1. The largest absolute Gasteiger partial charge is 0.480 e. The van der Waals surface area contributed by atoms with Crippen LogP contribution < -0.4 is 11.1 Å². The fourth-order valence-corrected chi connectivity index (χ4v) is 0.939. The summed E-state index contributed by atoms with van der Waals surface area (Å²) < 4.78 is 0. The van der Waals surface area contributed by atoms with E-state index in [4.69, 9.17) is 10.8 Å². The summed E-state index contributed by atoms with van der Waals surface area (Å²) in [5.74, 6) is -2.17. The Balaban J connectivity index is 3.44. The van der Waals surface area contributed by atoms with Crippen molar-refractivity contribution >= 4 is 17.7 Å². The molecule has 0 radical (unpaired) electrons. The number of carboxylic acid groups (broad SMARTS) is 1. The van der Waals surface area contributed by atoms with E-state index in [0.717, 1.165) is 0 Å². The van der Waals surface area contributed by atoms with E-state index in [-0.39, 0.29) is 0 Å². The van der Waals surface area contributed by atoms with E-state index in [1.807, 2.05) is 0 Å². The number of carbonyl (C=O) groups excluding carboxylic acids is 2. The van der Waals surface area contributed by atoms with Gasteiger partial charge in [-0.1, -0.05) is 0 Å². The second-order valence-electron chi connectivity index (χ2n) is 3.25. The summed E-state index contributed by atoms with van der Waals surface area (Å²) in [7, 11) is 0. The van der Waals surface area contributed by atoms with Crippen molar-refractivity contribution in [3.05, 3.63) is 0 Å². The van der Waals surface area contributed by atoms with Crippen molar-refractivity contribution in [2.24, 2.45) is 5.73 Å². The first kappa shape index (κ1) is 13.6. The Morgan fingerprint density at radius 2 is 1.93 bits per heavy atom. The van der Waals surface area contributed by atoms with Crippen molar-refractivity contribution in [2.45, 2.75) is 32.2 Å². The molecule has 0 unspecified atom stereocenters. The molecular weight excluding hydrogens is 200 g/mol. The first-order valence-electron chi connectivity index (χ1n) is 4.72. The number of unbranched alkanes of at least 4 members (excludes halogenated alkanes) is 1. The molecule has 86 valence electrons. The van der Waals surface area contributed by atoms with Crippen molar-refractivity contribution in [1.82, 2.24) is 5.32 Å². The Hall–Kier alpha value is -1.43. The van der Waals surface area contributed by atoms with Gasteiger partial charge < -0.3 is 16.2 Å². The molecule has 0 heterocycles. The quantitative estimate of drug-likeness (QED) is 0.384. The smallest absolute Gasteiger partial charge is 0.320 e. The van der Waals surface area contributed by atoms with E-state index in [9.17, 15) is 14.4 Å². The summed E-state index contributed by atoms with van der Waals surface area (Å²) in [4.78, 5) is 31.6. The minimum Gasteiger partial charge on any atom is -0.480 e. The minimum atomic E-state index is -1.03. The minimum absolute atomic E-state index is 0.366. The molecule has 0 fully saturated rings. The monoisotopic (exact) mass is 216 g/mol. The highest BCUT2D eigenvalue weighted by Crippen LogP contribution is 1.98. The second-order valence-corrected chi connectivity index (χ2v) is 3.25. The molecule has 0 aliphatic rings. The molecule has 0 rings (SSSR count). The van der Waals surface area contributed by atoms with Crippen LogP contribution in [0.2, 0.25) is 0 Å². The van der Waals surface area contributed by atoms with E-state index in [1.165, 1.54) is 6.92 Å². The predicted octanol–water partition coefficient (Wildman–Crippen LogP) is -0.726. The van der Waals surface area contributed by atoms with Crippen LogP contribution in [0, 0.1) is 0 Å². The zero-order chi connectivity index (χ0) is 11.8. The van der Waals surface area contributed by atoms with Crippen LogP contribution in [0.1, 0.15) is 26.2 Å². The Bertz CT molecular complexity index is 252. The van der Waals surface area contributed by atoms with Gasteiger partial charge in [0, 0.05) is 13.5 Å². The van der Waals surface area contributed by atoms with Crippen LogP contribution in [0.3, 0.4) is 0 Å². The number of amides is 1. The van der Waals surface area contributed by atoms with Crippen molar-refractivity contribution in [3.63, 3.8) is 0 Å². The van der Waals surface area contributed by atoms with Crippen molar-refractivity contribution < 1.29 is 19.5 Å². The number of nitrogens with one attached hydrogen (secondary N) is 1. The number of rotatable bonds is 7. The molecule has 6 heteroatoms. The number of Topliss-reactive ketones (excluding diaryl/α,β-unsaturated/α-hetero) is 1. The van der Waals surface area contributed by atoms with Crippen LogP contribution >= 0.6 is 0 Å². The molecule has 0 aromatic carbocycles. The molecule has 0 aromatic heterocycles. The molecule has 0 bridgehead atoms. The summed E-state index contributed by atoms with van der Waals surface area (Å²) in [5.41, 5.74) is 5.27. The number of hydrogen-bond donors (Lipinski definition) is 3. The van der Waals surface area contributed by atoms with Crippen molar-refractivity contribution in [1.29, 1.82) is 0 Å². The standard InChI is InChI=1S/C9H16N2O4/c1-6(12)8(13)11-5-3-2-4-7(10)9(14)15/h7H,2-5,10H2,1H3,(H,11,13)(H,14,15)/t7-/m0/s1. The van der Waals surface area contributed by atoms with Gasteiger partial charge in [-0.15, -0.1) is 0 Å². The molecule has 15 heavy (non-hydrogen) atoms. The molecule has 1 amide bonds. The van der Waals surface area contributed by atoms with Gasteiger partial charge in [-0.25, -0.2) is 0 Å². The predicted molar refractivity (Wildman–Crippen MR) is 53.2 cm³/mol. The fraction of sp³-hybridized carbons (Fsp3) is 0.667. The molecule has 0 aromatic rings. The molecule has 0 aliphatic carbocycles. The average molecular weight is 216 g/mol. The summed E-state index contributed by atoms with van der Waals surface area (Å²) in [5, 5.41) is 10.9. The van der Waals surface area contributed by atoms with Gasteiger partial charge in [0.1, 0.15) is 6.04 Å². The van der Waals surface area contributed by atoms with E-state index >= 15 is 0 Å². The van der Waals surface area contributed by atoms with E-state index in [1.54, 1.807) is 0 Å². The number of aliphatic carboxylic acids is 1. The van der Waals surface area contributed by atoms with Crippen molar-refractivity contribution in [3.8, 4) is 0 Å². The number of carbonyl (C=O) groups is 3. The third kappa shape index (κ3) is 6.62. The van der Waals surface area contributed by atoms with Crippen LogP contribution in [0.25, 0.3) is 0 Å². The molecule has 0 saturated carbocycles. The summed E-state index contributed by atoms with van der Waals surface area (Å²) >= 11 is 0. The average Bonchev–Trinajstić information content (AvgIpc) is 2.16. The molecule has 0 aliphatic heterocycles. The van der Waals surface area contributed by atoms with E-state index in [0.29, 0.717) is 25.8 Å². The topological polar surface area (TPSA) is 109 Å². The number of carboxylic acids is 1. The Morgan fingerprint density at radius 3 is 2.40 bits per heavy atom. The summed E-state index contributed by atoms with van der Waals surface area (Å²) in [6.07, 6.45) is 1.58. The van der Waals surface area contributed by atoms with E-state index in [2.05, 4.69) is 5.32 Å². The lowest BCUT2D eigenvalue weighted by Crippen LogP contribution is -2.31. The van der Waals surface area contributed by atoms with Gasteiger partial charge in [0.15, 0.2) is 0 Å². The van der Waals surface area contributed by atoms with Gasteiger partial charge in [0.05, 0.1) is 0 Å². The van der Waals surface area contributed by atoms with Crippen LogP contribution in [-0.2, 0) is 14.4 Å². The van der Waals surface area contributed by atoms with Gasteiger partial charge in [-0.3, -0.25) is 14.4 Å². The SMILES string of the molecule is CC(=O)C(=O)NCCCC[C@H](N)C(=O)O. The Labute approximate surface area is 87.8 Å². The van der Waals surface area contributed by atoms with Gasteiger partial charge in [-0.05, 0) is 19.3 Å². The van der Waals surface area contributed by atoms with Gasteiger partial charge >= 0.3 is 5.97 Å². The molecule has 1 atom stereocenters.